The molecule has 0 radical (unpaired) electrons. The summed E-state index contributed by atoms with van der Waals surface area (Å²) in [6.45, 7) is 6.33. The maximum atomic E-state index is 13.4. The van der Waals surface area contributed by atoms with E-state index >= 15 is 0 Å². The van der Waals surface area contributed by atoms with E-state index in [9.17, 15) is 14.4 Å². The summed E-state index contributed by atoms with van der Waals surface area (Å²) in [5.41, 5.74) is 1.67. The van der Waals surface area contributed by atoms with Gasteiger partial charge in [-0.15, -0.1) is 0 Å². The molecule has 1 fully saturated rings. The number of benzene rings is 1. The number of para-hydroxylation sites is 1. The van der Waals surface area contributed by atoms with E-state index in [4.69, 9.17) is 9.47 Å². The third-order valence-electron chi connectivity index (χ3n) is 6.19. The Morgan fingerprint density at radius 3 is 2.77 bits per heavy atom. The highest BCUT2D eigenvalue weighted by atomic mass is 16.5. The van der Waals surface area contributed by atoms with Crippen LogP contribution in [0, 0.1) is 13.8 Å². The molecule has 3 heterocycles. The number of hydrogen-bond donors (Lipinski definition) is 1. The quantitative estimate of drug-likeness (QED) is 0.568. The fourth-order valence-electron chi connectivity index (χ4n) is 4.80. The van der Waals surface area contributed by atoms with Crippen molar-refractivity contribution in [1.29, 1.82) is 0 Å². The van der Waals surface area contributed by atoms with Gasteiger partial charge in [0.1, 0.15) is 5.75 Å². The molecule has 1 saturated heterocycles. The zero-order chi connectivity index (χ0) is 22.3. The summed E-state index contributed by atoms with van der Waals surface area (Å²) in [5, 5.41) is 2.83. The number of aromatic nitrogens is 1. The van der Waals surface area contributed by atoms with Crippen molar-refractivity contribution in [2.24, 2.45) is 0 Å². The zero-order valence-electron chi connectivity index (χ0n) is 18.2. The second-order valence-corrected chi connectivity index (χ2v) is 8.20. The van der Waals surface area contributed by atoms with Gasteiger partial charge in [0.15, 0.2) is 11.3 Å². The van der Waals surface area contributed by atoms with E-state index in [0.29, 0.717) is 36.5 Å². The molecule has 2 aliphatic rings. The second-order valence-electron chi connectivity index (χ2n) is 8.20. The van der Waals surface area contributed by atoms with Crippen molar-refractivity contribution in [2.75, 3.05) is 26.9 Å². The number of carbonyl (C=O) groups is 3. The van der Waals surface area contributed by atoms with Crippen molar-refractivity contribution >= 4 is 17.7 Å². The molecular weight excluding hydrogens is 398 g/mol. The lowest BCUT2D eigenvalue weighted by atomic mass is 9.84. The summed E-state index contributed by atoms with van der Waals surface area (Å²) < 4.78 is 12.9. The molecule has 8 nitrogen and oxygen atoms in total. The van der Waals surface area contributed by atoms with Crippen LogP contribution in [0.5, 0.6) is 5.75 Å². The van der Waals surface area contributed by atoms with Crippen LogP contribution in [0.4, 0.5) is 4.79 Å². The predicted molar refractivity (Wildman–Crippen MR) is 113 cm³/mol. The average Bonchev–Trinajstić information content (AvgIpc) is 3.16. The van der Waals surface area contributed by atoms with Crippen LogP contribution in [-0.4, -0.2) is 54.1 Å². The number of aryl methyl sites for hydroxylation is 1. The molecule has 4 rings (SSSR count). The van der Waals surface area contributed by atoms with Gasteiger partial charge >= 0.3 is 6.03 Å². The van der Waals surface area contributed by atoms with Crippen LogP contribution in [0.2, 0.25) is 0 Å². The van der Waals surface area contributed by atoms with Gasteiger partial charge in [-0.05, 0) is 32.9 Å². The summed E-state index contributed by atoms with van der Waals surface area (Å²) in [4.78, 5) is 40.3. The maximum Gasteiger partial charge on any atom is 0.325 e. The van der Waals surface area contributed by atoms with E-state index in [1.165, 1.54) is 0 Å². The number of amides is 3. The van der Waals surface area contributed by atoms with Gasteiger partial charge in [-0.1, -0.05) is 18.2 Å². The Balaban J connectivity index is 1.60. The predicted octanol–water partition coefficient (Wildman–Crippen LogP) is 2.72. The lowest BCUT2D eigenvalue weighted by Crippen LogP contribution is -2.47. The number of ether oxygens (including phenoxy) is 2. The molecule has 0 aliphatic carbocycles. The molecule has 2 unspecified atom stereocenters. The molecule has 2 aliphatic heterocycles. The Kier molecular flexibility index (Phi) is 5.35. The summed E-state index contributed by atoms with van der Waals surface area (Å²) in [5.74, 6) is -0.112. The number of nitrogens with one attached hydrogen (secondary N) is 1. The minimum Gasteiger partial charge on any atom is -0.493 e. The molecule has 0 saturated carbocycles. The Morgan fingerprint density at radius 1 is 1.29 bits per heavy atom. The molecule has 1 aromatic heterocycles. The number of nitrogens with zero attached hydrogens (tertiary/aromatic N) is 2. The lowest BCUT2D eigenvalue weighted by molar-refractivity contribution is -0.132. The maximum absolute atomic E-state index is 13.4. The van der Waals surface area contributed by atoms with Crippen LogP contribution in [0.1, 0.15) is 46.7 Å². The summed E-state index contributed by atoms with van der Waals surface area (Å²) >= 11 is 0. The van der Waals surface area contributed by atoms with Gasteiger partial charge in [-0.25, -0.2) is 4.79 Å². The smallest absolute Gasteiger partial charge is 0.325 e. The largest absolute Gasteiger partial charge is 0.493 e. The zero-order valence-corrected chi connectivity index (χ0v) is 18.2. The van der Waals surface area contributed by atoms with Gasteiger partial charge in [0.05, 0.1) is 25.8 Å². The number of hydrogen-bond acceptors (Lipinski definition) is 5. The molecular formula is C23H27N3O5. The molecule has 164 valence electrons. The number of urea groups is 1. The van der Waals surface area contributed by atoms with Crippen molar-refractivity contribution < 1.29 is 23.9 Å². The first-order valence-electron chi connectivity index (χ1n) is 10.4. The Labute approximate surface area is 181 Å². The van der Waals surface area contributed by atoms with E-state index in [-0.39, 0.29) is 18.4 Å². The number of ketones is 1. The SMILES string of the molecule is COCC(C)n1c(C)cc(C(=O)CN2C(=O)NC3(CCOc4ccccc43)C2=O)c1C. The Morgan fingerprint density at radius 2 is 2.03 bits per heavy atom. The fraction of sp³-hybridized carbons (Fsp3) is 0.435. The van der Waals surface area contributed by atoms with Gasteiger partial charge in [0, 0.05) is 36.0 Å². The third-order valence-corrected chi connectivity index (χ3v) is 6.19. The molecule has 1 spiro atoms. The number of rotatable bonds is 6. The van der Waals surface area contributed by atoms with Crippen LogP contribution in [0.25, 0.3) is 0 Å². The van der Waals surface area contributed by atoms with Crippen molar-refractivity contribution in [1.82, 2.24) is 14.8 Å². The molecule has 3 amide bonds. The van der Waals surface area contributed by atoms with Crippen molar-refractivity contribution in [2.45, 2.75) is 38.8 Å². The molecule has 1 N–H and O–H groups in total. The van der Waals surface area contributed by atoms with Crippen LogP contribution < -0.4 is 10.1 Å². The highest BCUT2D eigenvalue weighted by molar-refractivity contribution is 6.12. The third kappa shape index (κ3) is 3.31. The summed E-state index contributed by atoms with van der Waals surface area (Å²) in [6, 6.07) is 8.49. The topological polar surface area (TPSA) is 89.9 Å². The number of imide groups is 1. The van der Waals surface area contributed by atoms with Gasteiger partial charge in [0.2, 0.25) is 0 Å². The summed E-state index contributed by atoms with van der Waals surface area (Å²) in [6.07, 6.45) is 0.322. The minimum atomic E-state index is -1.18. The monoisotopic (exact) mass is 425 g/mol. The van der Waals surface area contributed by atoms with Gasteiger partial charge < -0.3 is 19.4 Å². The van der Waals surface area contributed by atoms with E-state index < -0.39 is 17.5 Å². The van der Waals surface area contributed by atoms with E-state index in [1.807, 2.05) is 37.5 Å². The number of fused-ring (bicyclic) bond motifs is 2. The second kappa shape index (κ2) is 7.85. The molecule has 1 aromatic carbocycles. The Hall–Kier alpha value is -3.13. The van der Waals surface area contributed by atoms with Crippen molar-refractivity contribution in [3.63, 3.8) is 0 Å². The molecule has 2 aromatic rings. The van der Waals surface area contributed by atoms with Gasteiger partial charge in [0.25, 0.3) is 5.91 Å². The van der Waals surface area contributed by atoms with Crippen LogP contribution in [0.15, 0.2) is 30.3 Å². The number of carbonyl (C=O) groups excluding carboxylic acids is 3. The minimum absolute atomic E-state index is 0.0604. The molecule has 2 atom stereocenters. The molecule has 0 bridgehead atoms. The van der Waals surface area contributed by atoms with Crippen LogP contribution in [0.3, 0.4) is 0 Å². The van der Waals surface area contributed by atoms with Crippen molar-refractivity contribution in [3.8, 4) is 5.75 Å². The first-order chi connectivity index (χ1) is 14.8. The number of Topliss-reactive ketones (excluding diaryl/α,β-unsaturated/α-hetero) is 1. The Bertz CT molecular complexity index is 1060. The highest BCUT2D eigenvalue weighted by Crippen LogP contribution is 2.41. The van der Waals surface area contributed by atoms with Crippen LogP contribution in [-0.2, 0) is 15.1 Å². The fourth-order valence-corrected chi connectivity index (χ4v) is 4.80. The highest BCUT2D eigenvalue weighted by Gasteiger charge is 2.55. The summed E-state index contributed by atoms with van der Waals surface area (Å²) in [7, 11) is 1.64. The standard InChI is InChI=1S/C23H27N3O5/c1-14-11-17(16(3)26(14)15(2)13-30-4)19(27)12-25-21(28)23(24-22(25)29)9-10-31-20-8-6-5-7-18(20)23/h5-8,11,15H,9-10,12-13H2,1-4H3,(H,24,29). The molecule has 8 heteroatoms. The van der Waals surface area contributed by atoms with Crippen LogP contribution >= 0.6 is 0 Å². The average molecular weight is 425 g/mol. The number of methoxy groups -OCH3 is 1. The first-order valence-corrected chi connectivity index (χ1v) is 10.4. The van der Waals surface area contributed by atoms with Crippen molar-refractivity contribution in [3.05, 3.63) is 52.8 Å². The van der Waals surface area contributed by atoms with Gasteiger partial charge in [-0.2, -0.15) is 0 Å². The normalized spacial score (nSPS) is 21.1. The van der Waals surface area contributed by atoms with E-state index in [1.54, 1.807) is 25.3 Å². The first kappa shape index (κ1) is 21.1. The van der Waals surface area contributed by atoms with Gasteiger partial charge in [-0.3, -0.25) is 14.5 Å². The van der Waals surface area contributed by atoms with E-state index in [0.717, 1.165) is 16.3 Å². The molecule has 31 heavy (non-hydrogen) atoms. The lowest BCUT2D eigenvalue weighted by Gasteiger charge is -2.33. The van der Waals surface area contributed by atoms with E-state index in [2.05, 4.69) is 5.32 Å².